The number of nitrogens with one attached hydrogen (secondary N) is 1. The third-order valence-electron chi connectivity index (χ3n) is 5.80. The zero-order chi connectivity index (χ0) is 18.6. The minimum Gasteiger partial charge on any atom is -0.365 e. The number of amides is 2. The Morgan fingerprint density at radius 3 is 2.93 bits per heavy atom. The van der Waals surface area contributed by atoms with Crippen LogP contribution in [0.15, 0.2) is 35.7 Å². The van der Waals surface area contributed by atoms with E-state index in [1.807, 2.05) is 35.2 Å². The van der Waals surface area contributed by atoms with E-state index in [-0.39, 0.29) is 24.0 Å². The highest BCUT2D eigenvalue weighted by molar-refractivity contribution is 7.13. The standard InChI is InChI=1S/C19H20N4O3S/c1-20-18-21-13(11-27-18)17(25)22-8-7-19-15(22)9-16(24)23(19)10-14(26-19)12-5-3-2-4-6-12/h2-6,11,14-15H,7-10H2,1H3,(H,20,21)/t14-,15-,19+/m1/s1. The van der Waals surface area contributed by atoms with Gasteiger partial charge in [0.05, 0.1) is 19.0 Å². The first-order valence-electron chi connectivity index (χ1n) is 9.10. The first kappa shape index (κ1) is 16.7. The topological polar surface area (TPSA) is 74.8 Å². The van der Waals surface area contributed by atoms with Gasteiger partial charge in [0.25, 0.3) is 5.91 Å². The summed E-state index contributed by atoms with van der Waals surface area (Å²) >= 11 is 1.40. The van der Waals surface area contributed by atoms with Crippen LogP contribution < -0.4 is 5.32 Å². The summed E-state index contributed by atoms with van der Waals surface area (Å²) in [4.78, 5) is 33.7. The maximum atomic E-state index is 13.0. The van der Waals surface area contributed by atoms with Gasteiger partial charge in [-0.3, -0.25) is 9.59 Å². The van der Waals surface area contributed by atoms with Gasteiger partial charge in [0, 0.05) is 25.4 Å². The lowest BCUT2D eigenvalue weighted by atomic mass is 10.1. The Morgan fingerprint density at radius 1 is 1.37 bits per heavy atom. The molecule has 1 spiro atoms. The maximum Gasteiger partial charge on any atom is 0.273 e. The molecule has 0 saturated carbocycles. The lowest BCUT2D eigenvalue weighted by molar-refractivity contribution is -0.138. The average molecular weight is 384 g/mol. The molecule has 5 rings (SSSR count). The number of anilines is 1. The number of carbonyl (C=O) groups excluding carboxylic acids is 2. The van der Waals surface area contributed by atoms with E-state index >= 15 is 0 Å². The van der Waals surface area contributed by atoms with Crippen LogP contribution in [0.3, 0.4) is 0 Å². The van der Waals surface area contributed by atoms with Gasteiger partial charge < -0.3 is 19.9 Å². The molecule has 0 aliphatic carbocycles. The average Bonchev–Trinajstić information content (AvgIpc) is 3.43. The highest BCUT2D eigenvalue weighted by Gasteiger charge is 2.65. The molecule has 0 bridgehead atoms. The fraction of sp³-hybridized carbons (Fsp3) is 0.421. The van der Waals surface area contributed by atoms with Crippen LogP contribution in [0.5, 0.6) is 0 Å². The van der Waals surface area contributed by atoms with E-state index in [0.717, 1.165) is 5.56 Å². The summed E-state index contributed by atoms with van der Waals surface area (Å²) in [7, 11) is 1.78. The molecule has 0 unspecified atom stereocenters. The van der Waals surface area contributed by atoms with Crippen LogP contribution in [-0.2, 0) is 9.53 Å². The third kappa shape index (κ3) is 2.40. The van der Waals surface area contributed by atoms with E-state index < -0.39 is 5.72 Å². The van der Waals surface area contributed by atoms with Crippen LogP contribution in [0, 0.1) is 0 Å². The van der Waals surface area contributed by atoms with Crippen molar-refractivity contribution in [2.75, 3.05) is 25.5 Å². The minimum atomic E-state index is -0.699. The van der Waals surface area contributed by atoms with Crippen LogP contribution in [-0.4, -0.2) is 58.5 Å². The normalized spacial score (nSPS) is 29.1. The summed E-state index contributed by atoms with van der Waals surface area (Å²) in [5.41, 5.74) is 0.787. The Bertz CT molecular complexity index is 901. The summed E-state index contributed by atoms with van der Waals surface area (Å²) in [6.45, 7) is 1.11. The number of carbonyl (C=O) groups is 2. The molecule has 3 atom stereocenters. The monoisotopic (exact) mass is 384 g/mol. The van der Waals surface area contributed by atoms with Crippen molar-refractivity contribution in [2.45, 2.75) is 30.7 Å². The summed E-state index contributed by atoms with van der Waals surface area (Å²) < 4.78 is 6.48. The number of nitrogens with zero attached hydrogens (tertiary/aromatic N) is 3. The molecule has 3 saturated heterocycles. The van der Waals surface area contributed by atoms with Gasteiger partial charge in [0.2, 0.25) is 5.91 Å². The number of likely N-dealkylation sites (tertiary alicyclic amines) is 1. The van der Waals surface area contributed by atoms with E-state index in [9.17, 15) is 9.59 Å². The molecular formula is C19H20N4O3S. The van der Waals surface area contributed by atoms with Gasteiger partial charge in [0.1, 0.15) is 11.8 Å². The molecule has 2 aromatic rings. The Labute approximate surface area is 160 Å². The van der Waals surface area contributed by atoms with Crippen LogP contribution >= 0.6 is 11.3 Å². The molecule has 4 heterocycles. The second kappa shape index (κ2) is 6.03. The summed E-state index contributed by atoms with van der Waals surface area (Å²) in [5.74, 6) is -0.0684. The molecule has 1 aromatic heterocycles. The molecule has 7 nitrogen and oxygen atoms in total. The molecule has 3 aliphatic heterocycles. The molecule has 27 heavy (non-hydrogen) atoms. The van der Waals surface area contributed by atoms with Crippen molar-refractivity contribution < 1.29 is 14.3 Å². The molecule has 140 valence electrons. The third-order valence-corrected chi connectivity index (χ3v) is 6.66. The van der Waals surface area contributed by atoms with Gasteiger partial charge in [0.15, 0.2) is 10.9 Å². The largest absolute Gasteiger partial charge is 0.365 e. The SMILES string of the molecule is CNc1nc(C(=O)N2CC[C@@]34O[C@@H](c5ccccc5)CN3C(=O)C[C@@H]24)cs1. The predicted molar refractivity (Wildman–Crippen MR) is 100 cm³/mol. The molecule has 3 aliphatic rings. The number of hydrogen-bond donors (Lipinski definition) is 1. The van der Waals surface area contributed by atoms with Gasteiger partial charge in [-0.05, 0) is 5.56 Å². The van der Waals surface area contributed by atoms with Crippen LogP contribution in [0.1, 0.15) is 35.0 Å². The van der Waals surface area contributed by atoms with Crippen LogP contribution in [0.2, 0.25) is 0 Å². The quantitative estimate of drug-likeness (QED) is 0.877. The van der Waals surface area contributed by atoms with Gasteiger partial charge in [-0.25, -0.2) is 4.98 Å². The Kier molecular flexibility index (Phi) is 3.73. The Morgan fingerprint density at radius 2 is 2.19 bits per heavy atom. The van der Waals surface area contributed by atoms with Crippen molar-refractivity contribution >= 4 is 28.3 Å². The Hall–Kier alpha value is -2.45. The number of ether oxygens (including phenoxy) is 1. The van der Waals surface area contributed by atoms with Crippen molar-refractivity contribution in [3.8, 4) is 0 Å². The number of rotatable bonds is 3. The van der Waals surface area contributed by atoms with Crippen LogP contribution in [0.4, 0.5) is 5.13 Å². The highest BCUT2D eigenvalue weighted by Crippen LogP contribution is 2.50. The van der Waals surface area contributed by atoms with Crippen LogP contribution in [0.25, 0.3) is 0 Å². The van der Waals surface area contributed by atoms with Crippen molar-refractivity contribution in [3.05, 3.63) is 47.0 Å². The molecule has 8 heteroatoms. The molecular weight excluding hydrogens is 364 g/mol. The second-order valence-corrected chi connectivity index (χ2v) is 7.98. The fourth-order valence-electron chi connectivity index (χ4n) is 4.54. The zero-order valence-corrected chi connectivity index (χ0v) is 15.7. The first-order chi connectivity index (χ1) is 13.1. The lowest BCUT2D eigenvalue weighted by Crippen LogP contribution is -2.48. The highest BCUT2D eigenvalue weighted by atomic mass is 32.1. The van der Waals surface area contributed by atoms with E-state index in [0.29, 0.717) is 36.8 Å². The molecule has 3 fully saturated rings. The number of benzene rings is 1. The van der Waals surface area contributed by atoms with E-state index in [1.54, 1.807) is 17.3 Å². The van der Waals surface area contributed by atoms with Gasteiger partial charge in [-0.15, -0.1) is 11.3 Å². The first-order valence-corrected chi connectivity index (χ1v) is 9.98. The Balaban J connectivity index is 1.43. The second-order valence-electron chi connectivity index (χ2n) is 7.12. The number of hydrogen-bond acceptors (Lipinski definition) is 6. The number of thiazole rings is 1. The molecule has 1 aromatic carbocycles. The van der Waals surface area contributed by atoms with Gasteiger partial charge >= 0.3 is 0 Å². The van der Waals surface area contributed by atoms with Crippen molar-refractivity contribution in [2.24, 2.45) is 0 Å². The fourth-order valence-corrected chi connectivity index (χ4v) is 5.19. The van der Waals surface area contributed by atoms with Gasteiger partial charge in [-0.1, -0.05) is 30.3 Å². The summed E-state index contributed by atoms with van der Waals surface area (Å²) in [5, 5.41) is 5.42. The molecule has 2 amide bonds. The van der Waals surface area contributed by atoms with Crippen molar-refractivity contribution in [1.82, 2.24) is 14.8 Å². The summed E-state index contributed by atoms with van der Waals surface area (Å²) in [6, 6.07) is 9.71. The van der Waals surface area contributed by atoms with E-state index in [1.165, 1.54) is 11.3 Å². The summed E-state index contributed by atoms with van der Waals surface area (Å²) in [6.07, 6.45) is 0.806. The number of aromatic nitrogens is 1. The predicted octanol–water partition coefficient (Wildman–Crippen LogP) is 2.10. The maximum absolute atomic E-state index is 13.0. The minimum absolute atomic E-state index is 0.0603. The molecule has 1 N–H and O–H groups in total. The van der Waals surface area contributed by atoms with E-state index in [2.05, 4.69) is 10.3 Å². The van der Waals surface area contributed by atoms with Gasteiger partial charge in [-0.2, -0.15) is 0 Å². The van der Waals surface area contributed by atoms with Crippen molar-refractivity contribution in [3.63, 3.8) is 0 Å². The smallest absolute Gasteiger partial charge is 0.273 e. The van der Waals surface area contributed by atoms with Crippen molar-refractivity contribution in [1.29, 1.82) is 0 Å². The zero-order valence-electron chi connectivity index (χ0n) is 14.9. The lowest BCUT2D eigenvalue weighted by Gasteiger charge is -2.31. The van der Waals surface area contributed by atoms with E-state index in [4.69, 9.17) is 4.74 Å². The molecule has 0 radical (unpaired) electrons.